The Morgan fingerprint density at radius 1 is 1.16 bits per heavy atom. The third kappa shape index (κ3) is 3.47. The molecule has 128 valence electrons. The van der Waals surface area contributed by atoms with Gasteiger partial charge >= 0.3 is 0 Å². The predicted molar refractivity (Wildman–Crippen MR) is 107 cm³/mol. The lowest BCUT2D eigenvalue weighted by molar-refractivity contribution is 0.501. The maximum atomic E-state index is 5.91. The number of anilines is 1. The van der Waals surface area contributed by atoms with Crippen molar-refractivity contribution < 1.29 is 0 Å². The Kier molecular flexibility index (Phi) is 4.34. The molecule has 1 aliphatic carbocycles. The summed E-state index contributed by atoms with van der Waals surface area (Å²) in [5, 5.41) is 3.31. The first-order valence-corrected chi connectivity index (χ1v) is 9.88. The maximum absolute atomic E-state index is 5.91. The first kappa shape index (κ1) is 16.3. The Labute approximate surface area is 153 Å². The van der Waals surface area contributed by atoms with Gasteiger partial charge in [0.1, 0.15) is 5.01 Å². The lowest BCUT2D eigenvalue weighted by atomic mass is 9.84. The number of nitrogens with two attached hydrogens (primary N) is 1. The van der Waals surface area contributed by atoms with E-state index in [9.17, 15) is 0 Å². The van der Waals surface area contributed by atoms with Crippen LogP contribution in [-0.4, -0.2) is 4.98 Å². The molecule has 1 aliphatic rings. The number of rotatable bonds is 3. The van der Waals surface area contributed by atoms with E-state index in [1.54, 1.807) is 11.3 Å². The summed E-state index contributed by atoms with van der Waals surface area (Å²) in [6, 6.07) is 13.2. The summed E-state index contributed by atoms with van der Waals surface area (Å²) in [4.78, 5) is 4.88. The van der Waals surface area contributed by atoms with Gasteiger partial charge in [-0.05, 0) is 66.5 Å². The number of thiazole rings is 1. The van der Waals surface area contributed by atoms with Gasteiger partial charge in [-0.2, -0.15) is 0 Å². The molecule has 1 heterocycles. The second kappa shape index (κ2) is 6.64. The number of fused-ring (bicyclic) bond motifs is 1. The summed E-state index contributed by atoms with van der Waals surface area (Å²) in [6.45, 7) is 4.41. The van der Waals surface area contributed by atoms with Crippen LogP contribution in [0.5, 0.6) is 0 Å². The predicted octanol–water partition coefficient (Wildman–Crippen LogP) is 5.42. The smallest absolute Gasteiger partial charge is 0.123 e. The highest BCUT2D eigenvalue weighted by atomic mass is 32.1. The third-order valence-corrected chi connectivity index (χ3v) is 6.14. The van der Waals surface area contributed by atoms with E-state index < -0.39 is 0 Å². The topological polar surface area (TPSA) is 38.9 Å². The number of benzene rings is 2. The fourth-order valence-electron chi connectivity index (χ4n) is 3.65. The van der Waals surface area contributed by atoms with E-state index in [1.807, 2.05) is 6.07 Å². The molecular formula is C22H24N2S. The first-order valence-electron chi connectivity index (χ1n) is 9.00. The fraction of sp³-hybridized carbons (Fsp3) is 0.318. The summed E-state index contributed by atoms with van der Waals surface area (Å²) in [6.07, 6.45) is 4.59. The van der Waals surface area contributed by atoms with Gasteiger partial charge in [-0.15, -0.1) is 11.3 Å². The molecule has 0 radical (unpaired) electrons. The molecule has 0 fully saturated rings. The molecule has 1 atom stereocenters. The van der Waals surface area contributed by atoms with E-state index >= 15 is 0 Å². The average molecular weight is 349 g/mol. The van der Waals surface area contributed by atoms with Crippen LogP contribution in [0, 0.1) is 12.8 Å². The van der Waals surface area contributed by atoms with Crippen molar-refractivity contribution in [3.63, 3.8) is 0 Å². The SMILES string of the molecule is Cc1cc(Cc2csc(-c3ccc4c(c3)CC(C)CC4)n2)ccc1N. The van der Waals surface area contributed by atoms with Crippen LogP contribution in [0.4, 0.5) is 5.69 Å². The van der Waals surface area contributed by atoms with Crippen molar-refractivity contribution >= 4 is 17.0 Å². The Morgan fingerprint density at radius 2 is 2.04 bits per heavy atom. The van der Waals surface area contributed by atoms with Crippen LogP contribution in [0.2, 0.25) is 0 Å². The van der Waals surface area contributed by atoms with Gasteiger partial charge in [-0.1, -0.05) is 31.2 Å². The lowest BCUT2D eigenvalue weighted by Crippen LogP contribution is -2.11. The number of nitrogens with zero attached hydrogens (tertiary/aromatic N) is 1. The molecule has 3 heteroatoms. The van der Waals surface area contributed by atoms with Crippen molar-refractivity contribution in [2.75, 3.05) is 5.73 Å². The normalized spacial score (nSPS) is 16.6. The molecule has 0 saturated carbocycles. The molecule has 2 nitrogen and oxygen atoms in total. The summed E-state index contributed by atoms with van der Waals surface area (Å²) >= 11 is 1.74. The minimum atomic E-state index is 0.795. The van der Waals surface area contributed by atoms with Crippen molar-refractivity contribution in [2.24, 2.45) is 5.92 Å². The Hall–Kier alpha value is -2.13. The van der Waals surface area contributed by atoms with E-state index in [2.05, 4.69) is 49.6 Å². The van der Waals surface area contributed by atoms with E-state index in [-0.39, 0.29) is 0 Å². The summed E-state index contributed by atoms with van der Waals surface area (Å²) < 4.78 is 0. The van der Waals surface area contributed by atoms with Gasteiger partial charge < -0.3 is 5.73 Å². The van der Waals surface area contributed by atoms with Gasteiger partial charge in [0.25, 0.3) is 0 Å². The summed E-state index contributed by atoms with van der Waals surface area (Å²) in [7, 11) is 0. The standard InChI is InChI=1S/C22H24N2S/c1-14-3-5-17-6-7-18(12-19(17)9-14)22-24-20(13-25-22)11-16-4-8-21(23)15(2)10-16/h4,6-8,10,12-14H,3,5,9,11,23H2,1-2H3. The van der Waals surface area contributed by atoms with E-state index in [4.69, 9.17) is 10.7 Å². The number of hydrogen-bond acceptors (Lipinski definition) is 3. The summed E-state index contributed by atoms with van der Waals surface area (Å²) in [5.74, 6) is 0.795. The molecule has 0 amide bonds. The van der Waals surface area contributed by atoms with Crippen LogP contribution in [0.25, 0.3) is 10.6 Å². The quantitative estimate of drug-likeness (QED) is 0.642. The Bertz CT molecular complexity index is 910. The molecule has 0 spiro atoms. The molecule has 0 aliphatic heterocycles. The molecule has 25 heavy (non-hydrogen) atoms. The zero-order chi connectivity index (χ0) is 17.4. The molecule has 2 aromatic carbocycles. The highest BCUT2D eigenvalue weighted by Crippen LogP contribution is 2.31. The zero-order valence-electron chi connectivity index (χ0n) is 14.9. The van der Waals surface area contributed by atoms with Crippen LogP contribution < -0.4 is 5.73 Å². The number of hydrogen-bond donors (Lipinski definition) is 1. The van der Waals surface area contributed by atoms with Gasteiger partial charge in [0.2, 0.25) is 0 Å². The molecule has 3 aromatic rings. The number of aromatic nitrogens is 1. The van der Waals surface area contributed by atoms with Gasteiger partial charge in [0.05, 0.1) is 5.69 Å². The number of aryl methyl sites for hydroxylation is 2. The van der Waals surface area contributed by atoms with Crippen LogP contribution in [0.1, 0.15) is 41.3 Å². The molecule has 0 saturated heterocycles. The highest BCUT2D eigenvalue weighted by Gasteiger charge is 2.16. The highest BCUT2D eigenvalue weighted by molar-refractivity contribution is 7.13. The molecule has 0 bridgehead atoms. The van der Waals surface area contributed by atoms with Crippen LogP contribution in [0.15, 0.2) is 41.8 Å². The second-order valence-electron chi connectivity index (χ2n) is 7.34. The molecular weight excluding hydrogens is 324 g/mol. The zero-order valence-corrected chi connectivity index (χ0v) is 15.7. The van der Waals surface area contributed by atoms with Crippen molar-refractivity contribution in [2.45, 2.75) is 39.5 Å². The molecule has 4 rings (SSSR count). The van der Waals surface area contributed by atoms with Crippen molar-refractivity contribution in [3.8, 4) is 10.6 Å². The van der Waals surface area contributed by atoms with Crippen molar-refractivity contribution in [3.05, 3.63) is 69.7 Å². The summed E-state index contributed by atoms with van der Waals surface area (Å²) in [5.41, 5.74) is 14.6. The van der Waals surface area contributed by atoms with Crippen LogP contribution >= 0.6 is 11.3 Å². The molecule has 2 N–H and O–H groups in total. The van der Waals surface area contributed by atoms with Crippen LogP contribution in [0.3, 0.4) is 0 Å². The Morgan fingerprint density at radius 3 is 2.88 bits per heavy atom. The minimum Gasteiger partial charge on any atom is -0.399 e. The maximum Gasteiger partial charge on any atom is 0.123 e. The molecule has 1 unspecified atom stereocenters. The van der Waals surface area contributed by atoms with Crippen molar-refractivity contribution in [1.29, 1.82) is 0 Å². The van der Waals surface area contributed by atoms with E-state index in [0.29, 0.717) is 0 Å². The average Bonchev–Trinajstić information content (AvgIpc) is 3.06. The van der Waals surface area contributed by atoms with Gasteiger partial charge in [-0.25, -0.2) is 4.98 Å². The van der Waals surface area contributed by atoms with Gasteiger partial charge in [-0.3, -0.25) is 0 Å². The fourth-order valence-corrected chi connectivity index (χ4v) is 4.47. The van der Waals surface area contributed by atoms with Crippen molar-refractivity contribution in [1.82, 2.24) is 4.98 Å². The number of nitrogen functional groups attached to an aromatic ring is 1. The van der Waals surface area contributed by atoms with Gasteiger partial charge in [0, 0.05) is 23.1 Å². The third-order valence-electron chi connectivity index (χ3n) is 5.20. The first-order chi connectivity index (χ1) is 12.1. The monoisotopic (exact) mass is 348 g/mol. The van der Waals surface area contributed by atoms with E-state index in [1.165, 1.54) is 41.5 Å². The second-order valence-corrected chi connectivity index (χ2v) is 8.20. The largest absolute Gasteiger partial charge is 0.399 e. The molecule has 1 aromatic heterocycles. The minimum absolute atomic E-state index is 0.795. The van der Waals surface area contributed by atoms with E-state index in [0.717, 1.165) is 34.3 Å². The van der Waals surface area contributed by atoms with Crippen LogP contribution in [-0.2, 0) is 19.3 Å². The lowest BCUT2D eigenvalue weighted by Gasteiger charge is -2.21. The Balaban J connectivity index is 1.57. The van der Waals surface area contributed by atoms with Gasteiger partial charge in [0.15, 0.2) is 0 Å².